The van der Waals surface area contributed by atoms with Crippen molar-refractivity contribution in [1.29, 1.82) is 0 Å². The lowest BCUT2D eigenvalue weighted by Crippen LogP contribution is -2.68. The minimum absolute atomic E-state index is 0.0601. The van der Waals surface area contributed by atoms with Crippen LogP contribution in [-0.2, 0) is 20.9 Å². The highest BCUT2D eigenvalue weighted by Gasteiger charge is 2.45. The number of benzene rings is 1. The van der Waals surface area contributed by atoms with Crippen LogP contribution in [0.25, 0.3) is 0 Å². The Hall–Kier alpha value is -2.57. The van der Waals surface area contributed by atoms with Gasteiger partial charge in [-0.1, -0.05) is 58.0 Å². The first-order valence-electron chi connectivity index (χ1n) is 10.4. The van der Waals surface area contributed by atoms with Gasteiger partial charge in [-0.2, -0.15) is 0 Å². The number of hydrogen-bond acceptors (Lipinski definition) is 4. The number of carbonyl (C=O) groups excluding carboxylic acids is 3. The van der Waals surface area contributed by atoms with Crippen molar-refractivity contribution in [2.24, 2.45) is 11.8 Å². The van der Waals surface area contributed by atoms with Crippen LogP contribution in [0.3, 0.4) is 0 Å². The maximum Gasteiger partial charge on any atom is 0.408 e. The monoisotopic (exact) mass is 419 g/mol. The Labute approximate surface area is 180 Å². The second-order valence-corrected chi connectivity index (χ2v) is 8.98. The Morgan fingerprint density at radius 3 is 1.80 bits per heavy atom. The summed E-state index contributed by atoms with van der Waals surface area (Å²) in [6.07, 6.45) is -0.692. The molecule has 0 unspecified atom stereocenters. The normalized spacial score (nSPS) is 15.3. The van der Waals surface area contributed by atoms with Crippen LogP contribution in [0.1, 0.15) is 61.0 Å². The summed E-state index contributed by atoms with van der Waals surface area (Å²) in [6, 6.07) is 9.24. The Balaban J connectivity index is 2.95. The minimum Gasteiger partial charge on any atom is -0.445 e. The van der Waals surface area contributed by atoms with Gasteiger partial charge in [-0.25, -0.2) is 4.79 Å². The summed E-state index contributed by atoms with van der Waals surface area (Å²) in [5.74, 6) is -1.11. The van der Waals surface area contributed by atoms with E-state index in [4.69, 9.17) is 4.74 Å². The highest BCUT2D eigenvalue weighted by molar-refractivity contribution is 5.96. The van der Waals surface area contributed by atoms with Gasteiger partial charge >= 0.3 is 6.09 Å². The van der Waals surface area contributed by atoms with Crippen molar-refractivity contribution in [1.82, 2.24) is 16.0 Å². The van der Waals surface area contributed by atoms with Crippen molar-refractivity contribution in [2.45, 2.75) is 79.1 Å². The maximum atomic E-state index is 13.3. The summed E-state index contributed by atoms with van der Waals surface area (Å²) < 4.78 is 5.29. The molecule has 7 nitrogen and oxygen atoms in total. The third-order valence-corrected chi connectivity index (χ3v) is 5.62. The zero-order valence-electron chi connectivity index (χ0n) is 19.5. The van der Waals surface area contributed by atoms with Gasteiger partial charge in [0.1, 0.15) is 17.7 Å². The van der Waals surface area contributed by atoms with Crippen molar-refractivity contribution >= 4 is 17.9 Å². The molecule has 0 saturated heterocycles. The number of rotatable bonds is 9. The van der Waals surface area contributed by atoms with E-state index in [1.54, 1.807) is 13.8 Å². The van der Waals surface area contributed by atoms with Crippen LogP contribution >= 0.6 is 0 Å². The van der Waals surface area contributed by atoms with Crippen LogP contribution in [0.5, 0.6) is 0 Å². The van der Waals surface area contributed by atoms with Crippen LogP contribution < -0.4 is 16.0 Å². The molecule has 0 aromatic heterocycles. The quantitative estimate of drug-likeness (QED) is 0.572. The standard InChI is InChI=1S/C23H37N3O4/c1-15(2)22(7,19(27)24-17(5)6)25-20(28)23(8,16(3)4)26-21(29)30-14-18-12-10-9-11-13-18/h9-13,15-17H,14H2,1-8H3,(H,24,27)(H,25,28)(H,26,29)/t22-,23+/m1/s1. The van der Waals surface area contributed by atoms with Gasteiger partial charge in [-0.15, -0.1) is 0 Å². The summed E-state index contributed by atoms with van der Waals surface area (Å²) in [5.41, 5.74) is -1.55. The van der Waals surface area contributed by atoms with Crippen LogP contribution in [0.4, 0.5) is 4.79 Å². The lowest BCUT2D eigenvalue weighted by Gasteiger charge is -2.39. The molecule has 1 rings (SSSR count). The first kappa shape index (κ1) is 25.5. The van der Waals surface area contributed by atoms with Crippen molar-refractivity contribution in [2.75, 3.05) is 0 Å². The van der Waals surface area contributed by atoms with Crippen LogP contribution in [0, 0.1) is 11.8 Å². The average Bonchev–Trinajstić information content (AvgIpc) is 2.65. The molecule has 0 spiro atoms. The fraction of sp³-hybridized carbons (Fsp3) is 0.609. The van der Waals surface area contributed by atoms with E-state index < -0.39 is 23.1 Å². The zero-order valence-corrected chi connectivity index (χ0v) is 19.5. The Bertz CT molecular complexity index is 733. The topological polar surface area (TPSA) is 96.5 Å². The van der Waals surface area contributed by atoms with Gasteiger partial charge in [0.25, 0.3) is 0 Å². The number of nitrogens with one attached hydrogen (secondary N) is 3. The maximum absolute atomic E-state index is 13.3. The highest BCUT2D eigenvalue weighted by atomic mass is 16.5. The Morgan fingerprint density at radius 1 is 0.833 bits per heavy atom. The molecule has 3 N–H and O–H groups in total. The molecule has 168 valence electrons. The molecule has 2 atom stereocenters. The molecule has 0 aliphatic rings. The van der Waals surface area contributed by atoms with Gasteiger partial charge in [-0.3, -0.25) is 9.59 Å². The number of amides is 3. The molecule has 0 aliphatic heterocycles. The third kappa shape index (κ3) is 6.47. The molecule has 0 fully saturated rings. The van der Waals surface area contributed by atoms with Gasteiger partial charge in [0, 0.05) is 6.04 Å². The number of alkyl carbamates (subject to hydrolysis) is 1. The van der Waals surface area contributed by atoms with E-state index in [9.17, 15) is 14.4 Å². The van der Waals surface area contributed by atoms with Crippen LogP contribution in [0.15, 0.2) is 30.3 Å². The summed E-state index contributed by atoms with van der Waals surface area (Å²) >= 11 is 0. The Kier molecular flexibility index (Phi) is 8.88. The molecule has 0 aliphatic carbocycles. The summed E-state index contributed by atoms with van der Waals surface area (Å²) in [7, 11) is 0. The fourth-order valence-corrected chi connectivity index (χ4v) is 2.68. The molecular weight excluding hydrogens is 382 g/mol. The summed E-state index contributed by atoms with van der Waals surface area (Å²) in [4.78, 5) is 38.5. The summed E-state index contributed by atoms with van der Waals surface area (Å²) in [5, 5.41) is 8.44. The minimum atomic E-state index is -1.26. The molecule has 30 heavy (non-hydrogen) atoms. The van der Waals surface area contributed by atoms with E-state index in [-0.39, 0.29) is 30.4 Å². The van der Waals surface area contributed by atoms with Gasteiger partial charge in [0.2, 0.25) is 11.8 Å². The van der Waals surface area contributed by atoms with Crippen molar-refractivity contribution in [3.05, 3.63) is 35.9 Å². The average molecular weight is 420 g/mol. The fourth-order valence-electron chi connectivity index (χ4n) is 2.68. The van der Waals surface area contributed by atoms with E-state index in [0.29, 0.717) is 0 Å². The van der Waals surface area contributed by atoms with E-state index in [1.807, 2.05) is 71.9 Å². The van der Waals surface area contributed by atoms with Gasteiger partial charge in [0.05, 0.1) is 0 Å². The molecule has 7 heteroatoms. The second kappa shape index (κ2) is 10.5. The van der Waals surface area contributed by atoms with E-state index in [2.05, 4.69) is 16.0 Å². The molecule has 0 bridgehead atoms. The predicted octanol–water partition coefficient (Wildman–Crippen LogP) is 3.38. The molecule has 0 radical (unpaired) electrons. The first-order chi connectivity index (χ1) is 13.8. The number of ether oxygens (including phenoxy) is 1. The predicted molar refractivity (Wildman–Crippen MR) is 118 cm³/mol. The molecule has 1 aromatic carbocycles. The molecule has 3 amide bonds. The van der Waals surface area contributed by atoms with Gasteiger partial charge in [-0.05, 0) is 45.1 Å². The van der Waals surface area contributed by atoms with Crippen molar-refractivity contribution in [3.8, 4) is 0 Å². The van der Waals surface area contributed by atoms with E-state index in [0.717, 1.165) is 5.56 Å². The highest BCUT2D eigenvalue weighted by Crippen LogP contribution is 2.23. The smallest absolute Gasteiger partial charge is 0.408 e. The molecular formula is C23H37N3O4. The number of carbonyl (C=O) groups is 3. The van der Waals surface area contributed by atoms with Crippen LogP contribution in [-0.4, -0.2) is 35.0 Å². The van der Waals surface area contributed by atoms with E-state index in [1.165, 1.54) is 0 Å². The van der Waals surface area contributed by atoms with Gasteiger partial charge < -0.3 is 20.7 Å². The lowest BCUT2D eigenvalue weighted by molar-refractivity contribution is -0.138. The third-order valence-electron chi connectivity index (χ3n) is 5.62. The van der Waals surface area contributed by atoms with Crippen molar-refractivity contribution in [3.63, 3.8) is 0 Å². The van der Waals surface area contributed by atoms with E-state index >= 15 is 0 Å². The van der Waals surface area contributed by atoms with Gasteiger partial charge in [0.15, 0.2) is 0 Å². The lowest BCUT2D eigenvalue weighted by atomic mass is 9.83. The zero-order chi connectivity index (χ0) is 23.1. The molecule has 0 heterocycles. The Morgan fingerprint density at radius 2 is 1.33 bits per heavy atom. The second-order valence-electron chi connectivity index (χ2n) is 8.98. The largest absolute Gasteiger partial charge is 0.445 e. The van der Waals surface area contributed by atoms with Crippen molar-refractivity contribution < 1.29 is 19.1 Å². The molecule has 0 saturated carbocycles. The number of hydrogen-bond donors (Lipinski definition) is 3. The molecule has 1 aromatic rings. The first-order valence-corrected chi connectivity index (χ1v) is 10.4. The SMILES string of the molecule is CC(C)NC(=O)[C@](C)(NC(=O)[C@@](C)(NC(=O)OCc1ccccc1)C(C)C)C(C)C. The van der Waals surface area contributed by atoms with Crippen LogP contribution in [0.2, 0.25) is 0 Å². The summed E-state index contributed by atoms with van der Waals surface area (Å²) in [6.45, 7) is 14.6.